The highest BCUT2D eigenvalue weighted by Gasteiger charge is 2.45. The molecule has 150 valence electrons. The van der Waals surface area contributed by atoms with Gasteiger partial charge in [-0.15, -0.1) is 0 Å². The molecule has 1 saturated heterocycles. The Bertz CT molecular complexity index is 808. The topological polar surface area (TPSA) is 172 Å². The quantitative estimate of drug-likeness (QED) is 0.287. The summed E-state index contributed by atoms with van der Waals surface area (Å²) in [7, 11) is 0. The first kappa shape index (κ1) is 19.7. The number of nitrogens with one attached hydrogen (secondary N) is 2. The van der Waals surface area contributed by atoms with Crippen molar-refractivity contribution in [1.29, 1.82) is 0 Å². The number of imidazole rings is 1. The number of nitrogens with two attached hydrogens (primary N) is 1. The first-order chi connectivity index (χ1) is 13.1. The molecule has 2 aromatic rings. The van der Waals surface area contributed by atoms with Crippen molar-refractivity contribution in [3.63, 3.8) is 0 Å². The second kappa shape index (κ2) is 8.76. The molecule has 1 aliphatic rings. The van der Waals surface area contributed by atoms with Gasteiger partial charge in [0.05, 0.1) is 12.9 Å². The number of aliphatic hydroxyl groups is 3. The van der Waals surface area contributed by atoms with Crippen LogP contribution in [0.1, 0.15) is 31.9 Å². The Kier molecular flexibility index (Phi) is 6.39. The van der Waals surface area contributed by atoms with E-state index in [1.807, 2.05) is 0 Å². The summed E-state index contributed by atoms with van der Waals surface area (Å²) in [5, 5.41) is 32.9. The number of aromatic amines is 1. The van der Waals surface area contributed by atoms with E-state index in [0.29, 0.717) is 19.0 Å². The zero-order chi connectivity index (χ0) is 19.4. The number of fused-ring (bicyclic) bond motifs is 1. The summed E-state index contributed by atoms with van der Waals surface area (Å²) in [6.45, 7) is 0.822. The van der Waals surface area contributed by atoms with Crippen molar-refractivity contribution in [2.45, 2.75) is 50.2 Å². The van der Waals surface area contributed by atoms with Gasteiger partial charge in [0.2, 0.25) is 5.95 Å². The highest BCUT2D eigenvalue weighted by atomic mass is 16.6. The minimum absolute atomic E-state index is 0.0980. The van der Waals surface area contributed by atoms with Crippen LogP contribution in [0.4, 0.5) is 5.95 Å². The van der Waals surface area contributed by atoms with E-state index in [1.54, 1.807) is 0 Å². The Morgan fingerprint density at radius 1 is 1.26 bits per heavy atom. The second-order valence-corrected chi connectivity index (χ2v) is 6.57. The molecule has 3 rings (SSSR count). The molecular weight excluding hydrogens is 356 g/mol. The summed E-state index contributed by atoms with van der Waals surface area (Å²) < 4.78 is 7.05. The SMILES string of the molecule is NCCCCCCNc1nc2c(=O)[nH]cnc2n1[C@@H]1O[C@H](CO)[C@H](O)[C@@H]1O. The van der Waals surface area contributed by atoms with Gasteiger partial charge in [-0.05, 0) is 19.4 Å². The lowest BCUT2D eigenvalue weighted by molar-refractivity contribution is -0.0501. The standard InChI is InChI=1S/C16H26N6O5/c17-5-3-1-2-4-6-18-16-21-10-13(19-8-20-14(10)26)22(16)15-12(25)11(24)9(7-23)27-15/h8-9,11-12,15,23-25H,1-7,17H2,(H,18,21)(H,19,20,26)/t9-,11+,12+,15-/m1/s1. The lowest BCUT2D eigenvalue weighted by atomic mass is 10.1. The molecule has 0 bridgehead atoms. The summed E-state index contributed by atoms with van der Waals surface area (Å²) in [5.74, 6) is 0.308. The first-order valence-electron chi connectivity index (χ1n) is 9.10. The Labute approximate surface area is 155 Å². The van der Waals surface area contributed by atoms with Gasteiger partial charge < -0.3 is 36.1 Å². The number of rotatable bonds is 9. The van der Waals surface area contributed by atoms with E-state index in [4.69, 9.17) is 10.5 Å². The first-order valence-corrected chi connectivity index (χ1v) is 9.10. The maximum atomic E-state index is 12.1. The van der Waals surface area contributed by atoms with Crippen LogP contribution in [-0.2, 0) is 4.74 Å². The van der Waals surface area contributed by atoms with Crippen LogP contribution in [0, 0.1) is 0 Å². The molecule has 0 aliphatic carbocycles. The van der Waals surface area contributed by atoms with Crippen molar-refractivity contribution in [3.05, 3.63) is 16.7 Å². The Morgan fingerprint density at radius 3 is 2.74 bits per heavy atom. The molecule has 11 heteroatoms. The number of hydrogen-bond acceptors (Lipinski definition) is 9. The number of nitrogens with zero attached hydrogens (tertiary/aromatic N) is 3. The Balaban J connectivity index is 1.86. The molecule has 0 amide bonds. The summed E-state index contributed by atoms with van der Waals surface area (Å²) in [5.41, 5.74) is 5.38. The fraction of sp³-hybridized carbons (Fsp3) is 0.688. The van der Waals surface area contributed by atoms with E-state index in [2.05, 4.69) is 20.3 Å². The number of unbranched alkanes of at least 4 members (excludes halogenated alkanes) is 3. The van der Waals surface area contributed by atoms with Gasteiger partial charge in [-0.2, -0.15) is 0 Å². The second-order valence-electron chi connectivity index (χ2n) is 6.57. The molecule has 0 spiro atoms. The smallest absolute Gasteiger partial charge is 0.278 e. The minimum Gasteiger partial charge on any atom is -0.394 e. The third kappa shape index (κ3) is 3.96. The van der Waals surface area contributed by atoms with E-state index < -0.39 is 36.7 Å². The predicted octanol–water partition coefficient (Wildman–Crippen LogP) is -1.34. The van der Waals surface area contributed by atoms with Crippen molar-refractivity contribution in [1.82, 2.24) is 19.5 Å². The highest BCUT2D eigenvalue weighted by molar-refractivity contribution is 5.73. The van der Waals surface area contributed by atoms with Crippen molar-refractivity contribution in [3.8, 4) is 0 Å². The molecule has 2 aromatic heterocycles. The summed E-state index contributed by atoms with van der Waals surface area (Å²) in [6.07, 6.45) is 0.588. The van der Waals surface area contributed by atoms with Gasteiger partial charge in [0.15, 0.2) is 17.4 Å². The van der Waals surface area contributed by atoms with E-state index in [1.165, 1.54) is 10.9 Å². The zero-order valence-corrected chi connectivity index (χ0v) is 14.9. The van der Waals surface area contributed by atoms with Crippen LogP contribution in [0.25, 0.3) is 11.2 Å². The van der Waals surface area contributed by atoms with Crippen LogP contribution >= 0.6 is 0 Å². The van der Waals surface area contributed by atoms with E-state index in [-0.39, 0.29) is 11.2 Å². The van der Waals surface area contributed by atoms with Crippen molar-refractivity contribution >= 4 is 17.1 Å². The van der Waals surface area contributed by atoms with Gasteiger partial charge in [-0.25, -0.2) is 9.97 Å². The largest absolute Gasteiger partial charge is 0.394 e. The van der Waals surface area contributed by atoms with Crippen LogP contribution in [-0.4, -0.2) is 72.8 Å². The van der Waals surface area contributed by atoms with Gasteiger partial charge >= 0.3 is 0 Å². The van der Waals surface area contributed by atoms with Crippen LogP contribution in [0.5, 0.6) is 0 Å². The van der Waals surface area contributed by atoms with Gasteiger partial charge in [0.25, 0.3) is 5.56 Å². The van der Waals surface area contributed by atoms with Crippen molar-refractivity contribution < 1.29 is 20.1 Å². The molecule has 0 aromatic carbocycles. The Hall–Kier alpha value is -2.05. The molecular formula is C16H26N6O5. The normalized spacial score (nSPS) is 25.3. The number of H-pyrrole nitrogens is 1. The highest BCUT2D eigenvalue weighted by Crippen LogP contribution is 2.33. The van der Waals surface area contributed by atoms with Crippen molar-refractivity contribution in [2.75, 3.05) is 25.0 Å². The molecule has 4 atom stereocenters. The molecule has 3 heterocycles. The summed E-state index contributed by atoms with van der Waals surface area (Å²) in [4.78, 5) is 23.0. The molecule has 0 unspecified atom stereocenters. The van der Waals surface area contributed by atoms with E-state index in [0.717, 1.165) is 25.7 Å². The number of anilines is 1. The lowest BCUT2D eigenvalue weighted by Gasteiger charge is -2.19. The monoisotopic (exact) mass is 382 g/mol. The van der Waals surface area contributed by atoms with Crippen LogP contribution < -0.4 is 16.6 Å². The molecule has 7 N–H and O–H groups in total. The fourth-order valence-corrected chi connectivity index (χ4v) is 3.20. The third-order valence-electron chi connectivity index (χ3n) is 4.67. The summed E-state index contributed by atoms with van der Waals surface area (Å²) in [6, 6.07) is 0. The Morgan fingerprint density at radius 2 is 2.04 bits per heavy atom. The predicted molar refractivity (Wildman–Crippen MR) is 97.2 cm³/mol. The molecule has 1 aliphatic heterocycles. The zero-order valence-electron chi connectivity index (χ0n) is 14.9. The van der Waals surface area contributed by atoms with Gasteiger partial charge in [-0.1, -0.05) is 12.8 Å². The molecule has 0 radical (unpaired) electrons. The maximum absolute atomic E-state index is 12.1. The number of aromatic nitrogens is 4. The molecule has 11 nitrogen and oxygen atoms in total. The van der Waals surface area contributed by atoms with Crippen molar-refractivity contribution in [2.24, 2.45) is 5.73 Å². The molecule has 0 saturated carbocycles. The average molecular weight is 382 g/mol. The van der Waals surface area contributed by atoms with Gasteiger partial charge in [-0.3, -0.25) is 9.36 Å². The van der Waals surface area contributed by atoms with Crippen LogP contribution in [0.2, 0.25) is 0 Å². The van der Waals surface area contributed by atoms with Gasteiger partial charge in [0.1, 0.15) is 18.3 Å². The average Bonchev–Trinajstić information content (AvgIpc) is 3.17. The number of hydrogen-bond donors (Lipinski definition) is 6. The van der Waals surface area contributed by atoms with Crippen LogP contribution in [0.15, 0.2) is 11.1 Å². The van der Waals surface area contributed by atoms with E-state index in [9.17, 15) is 20.1 Å². The minimum atomic E-state index is -1.30. The molecule has 27 heavy (non-hydrogen) atoms. The maximum Gasteiger partial charge on any atom is 0.278 e. The van der Waals surface area contributed by atoms with Crippen LogP contribution in [0.3, 0.4) is 0 Å². The van der Waals surface area contributed by atoms with E-state index >= 15 is 0 Å². The van der Waals surface area contributed by atoms with Gasteiger partial charge in [0, 0.05) is 6.54 Å². The molecule has 1 fully saturated rings. The lowest BCUT2D eigenvalue weighted by Crippen LogP contribution is -2.33. The fourth-order valence-electron chi connectivity index (χ4n) is 3.20. The third-order valence-corrected chi connectivity index (χ3v) is 4.67. The summed E-state index contributed by atoms with van der Waals surface area (Å²) >= 11 is 0. The number of aliphatic hydroxyl groups excluding tert-OH is 3. The number of ether oxygens (including phenoxy) is 1.